The molecule has 0 bridgehead atoms. The first-order valence-electron chi connectivity index (χ1n) is 10.9. The summed E-state index contributed by atoms with van der Waals surface area (Å²) in [6.07, 6.45) is 0.896. The lowest BCUT2D eigenvalue weighted by molar-refractivity contribution is 0.0211. The normalized spacial score (nSPS) is 16.2. The zero-order chi connectivity index (χ0) is 22.1. The molecule has 9 heteroatoms. The number of morpholine rings is 1. The van der Waals surface area contributed by atoms with E-state index in [-0.39, 0.29) is 0 Å². The van der Waals surface area contributed by atoms with Gasteiger partial charge in [0.05, 0.1) is 20.3 Å². The second-order valence-electron chi connectivity index (χ2n) is 7.79. The average Bonchev–Trinajstić information content (AvgIpc) is 3.13. The van der Waals surface area contributed by atoms with Crippen molar-refractivity contribution in [1.29, 1.82) is 0 Å². The van der Waals surface area contributed by atoms with Crippen molar-refractivity contribution in [2.75, 3.05) is 46.5 Å². The molecule has 1 aliphatic heterocycles. The van der Waals surface area contributed by atoms with Crippen LogP contribution in [-0.4, -0.2) is 78.2 Å². The van der Waals surface area contributed by atoms with E-state index < -0.39 is 0 Å². The minimum atomic E-state index is 0.398. The number of ether oxygens (including phenoxy) is 2. The van der Waals surface area contributed by atoms with Crippen LogP contribution in [0.25, 0.3) is 0 Å². The Bertz CT molecular complexity index is 829. The van der Waals surface area contributed by atoms with Crippen LogP contribution in [-0.2, 0) is 24.8 Å². The molecule has 0 aliphatic carbocycles. The zero-order valence-electron chi connectivity index (χ0n) is 19.1. The van der Waals surface area contributed by atoms with E-state index in [1.54, 1.807) is 7.11 Å². The van der Waals surface area contributed by atoms with Gasteiger partial charge in [-0.15, -0.1) is 10.2 Å². The number of benzene rings is 1. The Hall–Kier alpha value is -2.65. The van der Waals surface area contributed by atoms with E-state index in [0.717, 1.165) is 69.2 Å². The Morgan fingerprint density at radius 2 is 1.94 bits per heavy atom. The first-order chi connectivity index (χ1) is 15.1. The number of guanidine groups is 1. The Morgan fingerprint density at radius 3 is 2.58 bits per heavy atom. The fourth-order valence-electron chi connectivity index (χ4n) is 3.42. The highest BCUT2D eigenvalue weighted by atomic mass is 16.5. The van der Waals surface area contributed by atoms with Gasteiger partial charge < -0.3 is 24.7 Å². The number of hydrogen-bond acceptors (Lipinski definition) is 6. The molecule has 31 heavy (non-hydrogen) atoms. The molecule has 170 valence electrons. The topological polar surface area (TPSA) is 88.8 Å². The molecule has 0 spiro atoms. The predicted octanol–water partition coefficient (Wildman–Crippen LogP) is 1.13. The third-order valence-electron chi connectivity index (χ3n) is 5.66. The van der Waals surface area contributed by atoms with E-state index in [9.17, 15) is 0 Å². The Kier molecular flexibility index (Phi) is 8.66. The molecule has 2 heterocycles. The standard InChI is InChI=1S/C22H35N7O2/c1-17(29-11-13-31-14-12-29)15-24-22(25-16-21-27-26-18(2)28(21)3)23-10-9-19-5-7-20(30-4)8-6-19/h5-8,17H,9-16H2,1-4H3,(H2,23,24,25). The molecule has 1 atom stereocenters. The molecule has 0 saturated carbocycles. The zero-order valence-corrected chi connectivity index (χ0v) is 19.1. The monoisotopic (exact) mass is 429 g/mol. The number of nitrogens with zero attached hydrogens (tertiary/aromatic N) is 5. The van der Waals surface area contributed by atoms with Crippen LogP contribution in [0.15, 0.2) is 29.3 Å². The molecule has 1 aliphatic rings. The van der Waals surface area contributed by atoms with Crippen LogP contribution in [0.2, 0.25) is 0 Å². The van der Waals surface area contributed by atoms with Crippen molar-refractivity contribution in [3.05, 3.63) is 41.5 Å². The van der Waals surface area contributed by atoms with E-state index in [2.05, 4.69) is 44.8 Å². The third kappa shape index (κ3) is 6.93. The molecule has 1 aromatic carbocycles. The van der Waals surface area contributed by atoms with Gasteiger partial charge in [-0.1, -0.05) is 12.1 Å². The van der Waals surface area contributed by atoms with Gasteiger partial charge in [-0.3, -0.25) is 4.90 Å². The van der Waals surface area contributed by atoms with Crippen LogP contribution in [0.1, 0.15) is 24.1 Å². The molecule has 1 saturated heterocycles. The third-order valence-corrected chi connectivity index (χ3v) is 5.66. The van der Waals surface area contributed by atoms with Gasteiger partial charge in [0.25, 0.3) is 0 Å². The molecule has 0 amide bonds. The lowest BCUT2D eigenvalue weighted by Gasteiger charge is -2.32. The van der Waals surface area contributed by atoms with Gasteiger partial charge in [0.15, 0.2) is 11.8 Å². The average molecular weight is 430 g/mol. The first kappa shape index (κ1) is 23.0. The summed E-state index contributed by atoms with van der Waals surface area (Å²) in [6, 6.07) is 8.56. The summed E-state index contributed by atoms with van der Waals surface area (Å²) in [6.45, 7) is 9.79. The van der Waals surface area contributed by atoms with E-state index in [0.29, 0.717) is 12.6 Å². The van der Waals surface area contributed by atoms with Crippen molar-refractivity contribution >= 4 is 5.96 Å². The maximum atomic E-state index is 5.46. The molecule has 0 radical (unpaired) electrons. The summed E-state index contributed by atoms with van der Waals surface area (Å²) in [4.78, 5) is 7.19. The van der Waals surface area contributed by atoms with E-state index in [1.807, 2.05) is 30.7 Å². The molecule has 2 aromatic rings. The SMILES string of the molecule is COc1ccc(CCNC(=NCc2nnc(C)n2C)NCC(C)N2CCOCC2)cc1. The van der Waals surface area contributed by atoms with Crippen LogP contribution in [0, 0.1) is 6.92 Å². The molecule has 1 aromatic heterocycles. The predicted molar refractivity (Wildman–Crippen MR) is 121 cm³/mol. The summed E-state index contributed by atoms with van der Waals surface area (Å²) in [7, 11) is 3.65. The molecule has 1 fully saturated rings. The van der Waals surface area contributed by atoms with E-state index in [4.69, 9.17) is 14.5 Å². The molecule has 9 nitrogen and oxygen atoms in total. The van der Waals surface area contributed by atoms with E-state index >= 15 is 0 Å². The Balaban J connectivity index is 1.57. The second kappa shape index (κ2) is 11.7. The van der Waals surface area contributed by atoms with Crippen molar-refractivity contribution in [1.82, 2.24) is 30.3 Å². The van der Waals surface area contributed by atoms with Crippen LogP contribution in [0.5, 0.6) is 5.75 Å². The number of aryl methyl sites for hydroxylation is 1. The number of rotatable bonds is 9. The Morgan fingerprint density at radius 1 is 1.19 bits per heavy atom. The number of methoxy groups -OCH3 is 1. The minimum Gasteiger partial charge on any atom is -0.497 e. The van der Waals surface area contributed by atoms with Gasteiger partial charge in [0.2, 0.25) is 0 Å². The largest absolute Gasteiger partial charge is 0.497 e. The smallest absolute Gasteiger partial charge is 0.191 e. The van der Waals surface area contributed by atoms with Gasteiger partial charge in [-0.2, -0.15) is 0 Å². The summed E-state index contributed by atoms with van der Waals surface area (Å²) in [5.41, 5.74) is 1.25. The van der Waals surface area contributed by atoms with Gasteiger partial charge in [-0.25, -0.2) is 4.99 Å². The molecular formula is C22H35N7O2. The van der Waals surface area contributed by atoms with E-state index in [1.165, 1.54) is 5.56 Å². The highest BCUT2D eigenvalue weighted by Gasteiger charge is 2.17. The van der Waals surface area contributed by atoms with Gasteiger partial charge in [0.1, 0.15) is 18.1 Å². The summed E-state index contributed by atoms with van der Waals surface area (Å²) < 4.78 is 12.7. The summed E-state index contributed by atoms with van der Waals surface area (Å²) >= 11 is 0. The Labute approximate surface area is 184 Å². The van der Waals surface area contributed by atoms with Gasteiger partial charge >= 0.3 is 0 Å². The lowest BCUT2D eigenvalue weighted by Crippen LogP contribution is -2.49. The fourth-order valence-corrected chi connectivity index (χ4v) is 3.42. The highest BCUT2D eigenvalue weighted by Crippen LogP contribution is 2.11. The maximum absolute atomic E-state index is 5.46. The number of nitrogens with one attached hydrogen (secondary N) is 2. The number of hydrogen-bond donors (Lipinski definition) is 2. The molecular weight excluding hydrogens is 394 g/mol. The first-order valence-corrected chi connectivity index (χ1v) is 10.9. The van der Waals surface area contributed by atoms with Crippen LogP contribution in [0.3, 0.4) is 0 Å². The van der Waals surface area contributed by atoms with Gasteiger partial charge in [-0.05, 0) is 38.0 Å². The van der Waals surface area contributed by atoms with Gasteiger partial charge in [0, 0.05) is 39.3 Å². The number of aromatic nitrogens is 3. The molecule has 3 rings (SSSR count). The summed E-state index contributed by atoms with van der Waals surface area (Å²) in [5, 5.41) is 15.3. The highest BCUT2D eigenvalue weighted by molar-refractivity contribution is 5.79. The quantitative estimate of drug-likeness (QED) is 0.456. The van der Waals surface area contributed by atoms with Crippen LogP contribution in [0.4, 0.5) is 0 Å². The summed E-state index contributed by atoms with van der Waals surface area (Å²) in [5.74, 6) is 3.38. The van der Waals surface area contributed by atoms with Crippen molar-refractivity contribution in [3.8, 4) is 5.75 Å². The van der Waals surface area contributed by atoms with Crippen LogP contribution >= 0.6 is 0 Å². The van der Waals surface area contributed by atoms with Crippen molar-refractivity contribution in [3.63, 3.8) is 0 Å². The fraction of sp³-hybridized carbons (Fsp3) is 0.591. The molecule has 2 N–H and O–H groups in total. The van der Waals surface area contributed by atoms with Crippen molar-refractivity contribution < 1.29 is 9.47 Å². The maximum Gasteiger partial charge on any atom is 0.191 e. The minimum absolute atomic E-state index is 0.398. The van der Waals surface area contributed by atoms with Crippen molar-refractivity contribution in [2.45, 2.75) is 32.9 Å². The lowest BCUT2D eigenvalue weighted by atomic mass is 10.1. The van der Waals surface area contributed by atoms with Crippen molar-refractivity contribution in [2.24, 2.45) is 12.0 Å². The molecule has 1 unspecified atom stereocenters. The number of aliphatic imine (C=N–C) groups is 1. The second-order valence-corrected chi connectivity index (χ2v) is 7.79. The van der Waals surface area contributed by atoms with Crippen LogP contribution < -0.4 is 15.4 Å².